The zero-order valence-corrected chi connectivity index (χ0v) is 11.6. The molecule has 0 aliphatic carbocycles. The van der Waals surface area contributed by atoms with Crippen LogP contribution in [0.4, 0.5) is 0 Å². The summed E-state index contributed by atoms with van der Waals surface area (Å²) in [5.74, 6) is 0.225. The normalized spacial score (nSPS) is 15.4. The van der Waals surface area contributed by atoms with E-state index in [1.165, 1.54) is 7.11 Å². The zero-order chi connectivity index (χ0) is 12.9. The molecule has 0 rings (SSSR count). The fourth-order valence-electron chi connectivity index (χ4n) is 1.92. The topological polar surface area (TPSA) is 26.3 Å². The second-order valence-corrected chi connectivity index (χ2v) is 5.97. The first-order chi connectivity index (χ1) is 7.17. The Morgan fingerprint density at radius 2 is 1.88 bits per heavy atom. The minimum atomic E-state index is -0.125. The van der Waals surface area contributed by atoms with E-state index in [4.69, 9.17) is 4.74 Å². The van der Waals surface area contributed by atoms with Crippen LogP contribution in [0.25, 0.3) is 0 Å². The van der Waals surface area contributed by atoms with Crippen molar-refractivity contribution in [1.82, 2.24) is 0 Å². The molecule has 0 N–H and O–H groups in total. The van der Waals surface area contributed by atoms with Gasteiger partial charge in [-0.2, -0.15) is 0 Å². The third-order valence-electron chi connectivity index (χ3n) is 2.80. The van der Waals surface area contributed by atoms with Crippen molar-refractivity contribution in [2.75, 3.05) is 7.11 Å². The van der Waals surface area contributed by atoms with E-state index in [-0.39, 0.29) is 17.3 Å². The molecule has 0 aromatic carbocycles. The molecule has 0 fully saturated rings. The van der Waals surface area contributed by atoms with Gasteiger partial charge < -0.3 is 4.74 Å². The maximum Gasteiger partial charge on any atom is 0.308 e. The van der Waals surface area contributed by atoms with Crippen molar-refractivity contribution < 1.29 is 9.53 Å². The van der Waals surface area contributed by atoms with Crippen LogP contribution in [0.15, 0.2) is 12.2 Å². The molecule has 0 saturated heterocycles. The molecule has 0 aromatic rings. The van der Waals surface area contributed by atoms with Crippen molar-refractivity contribution in [3.05, 3.63) is 12.2 Å². The summed E-state index contributed by atoms with van der Waals surface area (Å²) < 4.78 is 4.75. The maximum absolute atomic E-state index is 11.4. The lowest BCUT2D eigenvalue weighted by atomic mass is 9.78. The van der Waals surface area contributed by atoms with Gasteiger partial charge in [-0.15, -0.1) is 0 Å². The van der Waals surface area contributed by atoms with E-state index in [0.29, 0.717) is 5.92 Å². The van der Waals surface area contributed by atoms with Crippen molar-refractivity contribution in [3.63, 3.8) is 0 Å². The molecule has 94 valence electrons. The largest absolute Gasteiger partial charge is 0.469 e. The minimum absolute atomic E-state index is 0.0472. The van der Waals surface area contributed by atoms with Crippen molar-refractivity contribution in [3.8, 4) is 0 Å². The van der Waals surface area contributed by atoms with Crippen LogP contribution in [0.2, 0.25) is 0 Å². The molecule has 0 aliphatic rings. The van der Waals surface area contributed by atoms with E-state index in [2.05, 4.69) is 27.4 Å². The molecule has 0 radical (unpaired) electrons. The van der Waals surface area contributed by atoms with Crippen molar-refractivity contribution in [2.45, 2.75) is 47.5 Å². The fraction of sp³-hybridized carbons (Fsp3) is 0.786. The Labute approximate surface area is 100 Å². The maximum atomic E-state index is 11.4. The minimum Gasteiger partial charge on any atom is -0.469 e. The molecule has 2 unspecified atom stereocenters. The molecule has 2 atom stereocenters. The molecule has 0 aliphatic heterocycles. The van der Waals surface area contributed by atoms with Gasteiger partial charge in [0.2, 0.25) is 0 Å². The third kappa shape index (κ3) is 5.94. The highest BCUT2D eigenvalue weighted by atomic mass is 16.5. The van der Waals surface area contributed by atoms with Crippen molar-refractivity contribution in [2.24, 2.45) is 17.3 Å². The van der Waals surface area contributed by atoms with Gasteiger partial charge in [0.1, 0.15) is 0 Å². The molecule has 0 heterocycles. The van der Waals surface area contributed by atoms with Crippen LogP contribution in [0.1, 0.15) is 47.5 Å². The van der Waals surface area contributed by atoms with Crippen LogP contribution >= 0.6 is 0 Å². The lowest BCUT2D eigenvalue weighted by Crippen LogP contribution is -2.21. The number of carbonyl (C=O) groups excluding carboxylic acids is 1. The number of rotatable bonds is 5. The summed E-state index contributed by atoms with van der Waals surface area (Å²) in [7, 11) is 1.44. The van der Waals surface area contributed by atoms with Gasteiger partial charge in [0.15, 0.2) is 0 Å². The zero-order valence-electron chi connectivity index (χ0n) is 11.6. The highest BCUT2D eigenvalue weighted by Crippen LogP contribution is 2.32. The summed E-state index contributed by atoms with van der Waals surface area (Å²) in [6, 6.07) is 0. The van der Waals surface area contributed by atoms with Crippen LogP contribution < -0.4 is 0 Å². The predicted molar refractivity (Wildman–Crippen MR) is 68.2 cm³/mol. The fourth-order valence-corrected chi connectivity index (χ4v) is 1.92. The van der Waals surface area contributed by atoms with Crippen molar-refractivity contribution in [1.29, 1.82) is 0 Å². The Hall–Kier alpha value is -0.790. The van der Waals surface area contributed by atoms with Gasteiger partial charge in [0.25, 0.3) is 0 Å². The second kappa shape index (κ2) is 6.07. The van der Waals surface area contributed by atoms with Crippen LogP contribution in [0.3, 0.4) is 0 Å². The number of allylic oxidation sites excluding steroid dienone is 1. The van der Waals surface area contributed by atoms with Gasteiger partial charge in [-0.1, -0.05) is 39.8 Å². The lowest BCUT2D eigenvalue weighted by molar-refractivity contribution is -0.145. The molecule has 0 aromatic heterocycles. The Morgan fingerprint density at radius 3 is 2.19 bits per heavy atom. The molecule has 0 bridgehead atoms. The molecular formula is C14H26O2. The number of methoxy groups -OCH3 is 1. The summed E-state index contributed by atoms with van der Waals surface area (Å²) in [5, 5.41) is 0. The van der Waals surface area contributed by atoms with Gasteiger partial charge >= 0.3 is 5.97 Å². The van der Waals surface area contributed by atoms with E-state index in [9.17, 15) is 4.79 Å². The first-order valence-electron chi connectivity index (χ1n) is 5.90. The molecule has 2 heteroatoms. The van der Waals surface area contributed by atoms with Gasteiger partial charge in [-0.3, -0.25) is 4.79 Å². The summed E-state index contributed by atoms with van der Waals surface area (Å²) >= 11 is 0. The first-order valence-corrected chi connectivity index (χ1v) is 5.90. The Kier molecular flexibility index (Phi) is 5.77. The van der Waals surface area contributed by atoms with E-state index in [1.54, 1.807) is 0 Å². The monoisotopic (exact) mass is 226 g/mol. The molecule has 0 saturated carbocycles. The number of hydrogen-bond donors (Lipinski definition) is 0. The lowest BCUT2D eigenvalue weighted by Gasteiger charge is -2.27. The molecule has 0 spiro atoms. The van der Waals surface area contributed by atoms with Crippen LogP contribution in [0, 0.1) is 17.3 Å². The number of carbonyl (C=O) groups is 1. The SMILES string of the molecule is C=C(C)C(CC(C)C(=O)OC)CC(C)(C)C. The van der Waals surface area contributed by atoms with Crippen LogP contribution in [0.5, 0.6) is 0 Å². The Balaban J connectivity index is 4.46. The summed E-state index contributed by atoms with van der Waals surface area (Å²) in [4.78, 5) is 11.4. The van der Waals surface area contributed by atoms with Gasteiger partial charge in [-0.25, -0.2) is 0 Å². The first kappa shape index (κ1) is 15.2. The number of ether oxygens (including phenoxy) is 1. The van der Waals surface area contributed by atoms with Crippen LogP contribution in [-0.2, 0) is 9.53 Å². The van der Waals surface area contributed by atoms with Gasteiger partial charge in [0.05, 0.1) is 13.0 Å². The molecular weight excluding hydrogens is 200 g/mol. The van der Waals surface area contributed by atoms with Crippen LogP contribution in [-0.4, -0.2) is 13.1 Å². The van der Waals surface area contributed by atoms with E-state index >= 15 is 0 Å². The van der Waals surface area contributed by atoms with Gasteiger partial charge in [0, 0.05) is 0 Å². The average Bonchev–Trinajstić information content (AvgIpc) is 2.13. The molecule has 0 amide bonds. The summed E-state index contributed by atoms with van der Waals surface area (Å²) in [6.07, 6.45) is 1.89. The highest BCUT2D eigenvalue weighted by molar-refractivity contribution is 5.71. The molecule has 16 heavy (non-hydrogen) atoms. The average molecular weight is 226 g/mol. The van der Waals surface area contributed by atoms with E-state index in [1.807, 2.05) is 13.8 Å². The standard InChI is InChI=1S/C14H26O2/c1-10(2)12(9-14(4,5)6)8-11(3)13(15)16-7/h11-12H,1,8-9H2,2-7H3. The van der Waals surface area contributed by atoms with E-state index < -0.39 is 0 Å². The number of esters is 1. The number of hydrogen-bond acceptors (Lipinski definition) is 2. The summed E-state index contributed by atoms with van der Waals surface area (Å²) in [5.41, 5.74) is 1.42. The van der Waals surface area contributed by atoms with E-state index in [0.717, 1.165) is 18.4 Å². The Bertz CT molecular complexity index is 248. The predicted octanol–water partition coefficient (Wildman–Crippen LogP) is 3.81. The highest BCUT2D eigenvalue weighted by Gasteiger charge is 2.24. The Morgan fingerprint density at radius 1 is 1.38 bits per heavy atom. The van der Waals surface area contributed by atoms with Crippen molar-refractivity contribution >= 4 is 5.97 Å². The summed E-state index contributed by atoms with van der Waals surface area (Å²) in [6.45, 7) is 14.6. The smallest absolute Gasteiger partial charge is 0.308 e. The second-order valence-electron chi connectivity index (χ2n) is 5.97. The third-order valence-corrected chi connectivity index (χ3v) is 2.80. The van der Waals surface area contributed by atoms with Gasteiger partial charge in [-0.05, 0) is 31.1 Å². The molecule has 2 nitrogen and oxygen atoms in total. The quantitative estimate of drug-likeness (QED) is 0.526.